The lowest BCUT2D eigenvalue weighted by molar-refractivity contribution is 0.0767. The quantitative estimate of drug-likeness (QED) is 0.669. The van der Waals surface area contributed by atoms with Crippen LogP contribution >= 0.6 is 23.2 Å². The molecule has 0 radical (unpaired) electrons. The minimum Gasteiger partial charge on any atom is -0.346 e. The van der Waals surface area contributed by atoms with E-state index in [4.69, 9.17) is 23.2 Å². The first-order valence-corrected chi connectivity index (χ1v) is 7.16. The smallest absolute Gasteiger partial charge is 0.270 e. The molecule has 1 N–H and O–H groups in total. The predicted molar refractivity (Wildman–Crippen MR) is 77.7 cm³/mol. The summed E-state index contributed by atoms with van der Waals surface area (Å²) in [7, 11) is 0. The minimum atomic E-state index is -0.259. The fourth-order valence-electron chi connectivity index (χ4n) is 2.42. The Balaban J connectivity index is 0.000000861. The number of halogens is 2. The number of rotatable bonds is 2. The molecule has 1 aliphatic carbocycles. The van der Waals surface area contributed by atoms with E-state index in [1.165, 1.54) is 6.07 Å². The van der Waals surface area contributed by atoms with Crippen molar-refractivity contribution in [2.45, 2.75) is 46.1 Å². The van der Waals surface area contributed by atoms with Crippen LogP contribution in [0.3, 0.4) is 0 Å². The number of hydrogen-bond donors (Lipinski definition) is 1. The molecule has 0 unspecified atom stereocenters. The van der Waals surface area contributed by atoms with Crippen LogP contribution in [-0.2, 0) is 0 Å². The second-order valence-corrected chi connectivity index (χ2v) is 5.60. The highest BCUT2D eigenvalue weighted by Crippen LogP contribution is 2.37. The van der Waals surface area contributed by atoms with Gasteiger partial charge >= 0.3 is 0 Å². The maximum absolute atomic E-state index is 11.9. The molecule has 0 saturated heterocycles. The summed E-state index contributed by atoms with van der Waals surface area (Å²) in [5.74, 6) is 0.392. The van der Waals surface area contributed by atoms with Crippen molar-refractivity contribution in [3.8, 4) is 0 Å². The first kappa shape index (κ1) is 16.2. The highest BCUT2D eigenvalue weighted by molar-refractivity contribution is 6.32. The summed E-state index contributed by atoms with van der Waals surface area (Å²) in [6.45, 7) is 8.18. The SMILES string of the molecule is CC.CC1CC(C)(NC(=O)c2cc(Cl)nc(Cl)n2)C1. The number of hydrogen-bond acceptors (Lipinski definition) is 3. The Bertz CT molecular complexity index is 439. The average Bonchev–Trinajstić information content (AvgIpc) is 2.28. The van der Waals surface area contributed by atoms with E-state index < -0.39 is 0 Å². The van der Waals surface area contributed by atoms with Crippen LogP contribution in [0.1, 0.15) is 51.0 Å². The van der Waals surface area contributed by atoms with Gasteiger partial charge in [0.2, 0.25) is 5.28 Å². The molecule has 4 nitrogen and oxygen atoms in total. The molecule has 0 aromatic carbocycles. The van der Waals surface area contributed by atoms with Crippen LogP contribution < -0.4 is 5.32 Å². The Hall–Kier alpha value is -0.870. The topological polar surface area (TPSA) is 54.9 Å². The van der Waals surface area contributed by atoms with Crippen molar-refractivity contribution in [2.24, 2.45) is 5.92 Å². The van der Waals surface area contributed by atoms with Gasteiger partial charge in [-0.05, 0) is 37.3 Å². The van der Waals surface area contributed by atoms with Crippen molar-refractivity contribution in [3.63, 3.8) is 0 Å². The molecule has 6 heteroatoms. The molecule has 1 fully saturated rings. The first-order chi connectivity index (χ1) is 8.88. The van der Waals surface area contributed by atoms with Crippen LogP contribution in [0.5, 0.6) is 0 Å². The third-order valence-corrected chi connectivity index (χ3v) is 3.28. The van der Waals surface area contributed by atoms with Crippen LogP contribution in [0.15, 0.2) is 6.07 Å². The average molecular weight is 304 g/mol. The normalized spacial score (nSPS) is 24.8. The molecule has 0 bridgehead atoms. The van der Waals surface area contributed by atoms with Gasteiger partial charge in [-0.25, -0.2) is 9.97 Å². The molecule has 1 saturated carbocycles. The largest absolute Gasteiger partial charge is 0.346 e. The fraction of sp³-hybridized carbons (Fsp3) is 0.615. The summed E-state index contributed by atoms with van der Waals surface area (Å²) < 4.78 is 0. The Morgan fingerprint density at radius 2 is 1.95 bits per heavy atom. The predicted octanol–water partition coefficient (Wildman–Crippen LogP) is 3.73. The summed E-state index contributed by atoms with van der Waals surface area (Å²) in [6, 6.07) is 1.41. The van der Waals surface area contributed by atoms with E-state index in [1.54, 1.807) is 0 Å². The number of nitrogens with one attached hydrogen (secondary N) is 1. The molecule has 19 heavy (non-hydrogen) atoms. The van der Waals surface area contributed by atoms with Crippen molar-refractivity contribution in [1.29, 1.82) is 0 Å². The Morgan fingerprint density at radius 3 is 2.42 bits per heavy atom. The summed E-state index contributed by atoms with van der Waals surface area (Å²) in [6.07, 6.45) is 1.95. The molecule has 1 amide bonds. The van der Waals surface area contributed by atoms with E-state index in [0.29, 0.717) is 5.92 Å². The number of nitrogens with zero attached hydrogens (tertiary/aromatic N) is 2. The molecule has 0 aliphatic heterocycles. The van der Waals surface area contributed by atoms with Gasteiger partial charge in [0.1, 0.15) is 10.8 Å². The zero-order valence-corrected chi connectivity index (χ0v) is 13.1. The molecule has 1 aromatic heterocycles. The van der Waals surface area contributed by atoms with Gasteiger partial charge in [0.25, 0.3) is 5.91 Å². The van der Waals surface area contributed by atoms with Crippen LogP contribution in [-0.4, -0.2) is 21.4 Å². The highest BCUT2D eigenvalue weighted by atomic mass is 35.5. The number of aromatic nitrogens is 2. The van der Waals surface area contributed by atoms with Crippen LogP contribution in [0.4, 0.5) is 0 Å². The highest BCUT2D eigenvalue weighted by Gasteiger charge is 2.39. The summed E-state index contributed by atoms with van der Waals surface area (Å²) in [4.78, 5) is 19.5. The standard InChI is InChI=1S/C11H13Cl2N3O.C2H6/c1-6-4-11(2,5-6)16-9(17)7-3-8(12)15-10(13)14-7;1-2/h3,6H,4-5H2,1-2H3,(H,16,17);1-2H3. The lowest BCUT2D eigenvalue weighted by Crippen LogP contribution is -2.54. The minimum absolute atomic E-state index is 0.0187. The summed E-state index contributed by atoms with van der Waals surface area (Å²) in [5.41, 5.74) is 0.0659. The third kappa shape index (κ3) is 4.32. The van der Waals surface area contributed by atoms with Crippen LogP contribution in [0.2, 0.25) is 10.4 Å². The molecule has 1 aliphatic rings. The maximum Gasteiger partial charge on any atom is 0.270 e. The van der Waals surface area contributed by atoms with Crippen molar-refractivity contribution in [2.75, 3.05) is 0 Å². The zero-order valence-electron chi connectivity index (χ0n) is 11.6. The second kappa shape index (κ2) is 6.53. The zero-order chi connectivity index (χ0) is 14.6. The summed E-state index contributed by atoms with van der Waals surface area (Å²) >= 11 is 11.4. The molecule has 1 aromatic rings. The molecule has 0 spiro atoms. The first-order valence-electron chi connectivity index (χ1n) is 6.40. The lowest BCUT2D eigenvalue weighted by atomic mass is 9.70. The number of carbonyl (C=O) groups is 1. The van der Waals surface area contributed by atoms with E-state index in [9.17, 15) is 4.79 Å². The van der Waals surface area contributed by atoms with Crippen molar-refractivity contribution in [3.05, 3.63) is 22.2 Å². The Kier molecular flexibility index (Phi) is 5.56. The number of amides is 1. The van der Waals surface area contributed by atoms with E-state index in [0.717, 1.165) is 12.8 Å². The molecule has 106 valence electrons. The van der Waals surface area contributed by atoms with Gasteiger partial charge in [-0.2, -0.15) is 0 Å². The van der Waals surface area contributed by atoms with Gasteiger partial charge in [0.15, 0.2) is 0 Å². The van der Waals surface area contributed by atoms with Gasteiger partial charge in [-0.3, -0.25) is 4.79 Å². The second-order valence-electron chi connectivity index (χ2n) is 4.87. The molecular formula is C13H19Cl2N3O. The fourth-order valence-corrected chi connectivity index (χ4v) is 2.83. The third-order valence-electron chi connectivity index (χ3n) is 2.91. The van der Waals surface area contributed by atoms with E-state index >= 15 is 0 Å². The van der Waals surface area contributed by atoms with Gasteiger partial charge < -0.3 is 5.32 Å². The molecule has 2 rings (SSSR count). The Morgan fingerprint density at radius 1 is 1.37 bits per heavy atom. The van der Waals surface area contributed by atoms with Crippen LogP contribution in [0.25, 0.3) is 0 Å². The maximum atomic E-state index is 11.9. The Labute approximate surface area is 123 Å². The van der Waals surface area contributed by atoms with Crippen molar-refractivity contribution < 1.29 is 4.79 Å². The van der Waals surface area contributed by atoms with E-state index in [2.05, 4.69) is 22.2 Å². The van der Waals surface area contributed by atoms with Crippen molar-refractivity contribution in [1.82, 2.24) is 15.3 Å². The molecule has 1 heterocycles. The lowest BCUT2D eigenvalue weighted by Gasteiger charge is -2.44. The molecular weight excluding hydrogens is 285 g/mol. The molecule has 0 atom stereocenters. The number of carbonyl (C=O) groups excluding carboxylic acids is 1. The van der Waals surface area contributed by atoms with Crippen LogP contribution in [0, 0.1) is 5.92 Å². The monoisotopic (exact) mass is 303 g/mol. The van der Waals surface area contributed by atoms with Crippen molar-refractivity contribution >= 4 is 29.1 Å². The van der Waals surface area contributed by atoms with Gasteiger partial charge in [0, 0.05) is 11.6 Å². The van der Waals surface area contributed by atoms with E-state index in [1.807, 2.05) is 20.8 Å². The van der Waals surface area contributed by atoms with E-state index in [-0.39, 0.29) is 27.6 Å². The van der Waals surface area contributed by atoms with Gasteiger partial charge in [-0.1, -0.05) is 32.4 Å². The summed E-state index contributed by atoms with van der Waals surface area (Å²) in [5, 5.41) is 3.10. The van der Waals surface area contributed by atoms with Gasteiger partial charge in [-0.15, -0.1) is 0 Å². The van der Waals surface area contributed by atoms with Gasteiger partial charge in [0.05, 0.1) is 0 Å².